The lowest BCUT2D eigenvalue weighted by Gasteiger charge is -1.96. The molecule has 0 saturated carbocycles. The lowest BCUT2D eigenvalue weighted by atomic mass is 10.2. The van der Waals surface area contributed by atoms with E-state index in [0.717, 1.165) is 0 Å². The molecule has 1 rings (SSSR count). The van der Waals surface area contributed by atoms with E-state index < -0.39 is 0 Å². The number of alkyl halides is 1. The van der Waals surface area contributed by atoms with Gasteiger partial charge in [-0.1, -0.05) is 39.7 Å². The molecular weight excluding hydrogens is 242 g/mol. The molecule has 1 aromatic rings. The van der Waals surface area contributed by atoms with Gasteiger partial charge in [-0.15, -0.1) is 0 Å². The number of hydrogen-bond acceptors (Lipinski definition) is 0. The van der Waals surface area contributed by atoms with E-state index in [1.807, 2.05) is 6.08 Å². The summed E-state index contributed by atoms with van der Waals surface area (Å²) in [5.74, 6) is -0.253. The van der Waals surface area contributed by atoms with Crippen LogP contribution in [0.4, 0.5) is 4.39 Å². The SMILES string of the molecule is Fc1ccc(Cl)cc1C=CCBr. The van der Waals surface area contributed by atoms with Crippen LogP contribution in [0.3, 0.4) is 0 Å². The minimum atomic E-state index is -0.253. The van der Waals surface area contributed by atoms with Crippen LogP contribution in [0.1, 0.15) is 5.56 Å². The summed E-state index contributed by atoms with van der Waals surface area (Å²) in [5.41, 5.74) is 0.516. The number of allylic oxidation sites excluding steroid dienone is 1. The molecule has 0 radical (unpaired) electrons. The smallest absolute Gasteiger partial charge is 0.130 e. The van der Waals surface area contributed by atoms with Crippen LogP contribution in [0.2, 0.25) is 5.02 Å². The highest BCUT2D eigenvalue weighted by molar-refractivity contribution is 9.09. The van der Waals surface area contributed by atoms with Gasteiger partial charge in [0.1, 0.15) is 5.82 Å². The molecule has 64 valence electrons. The number of benzene rings is 1. The quantitative estimate of drug-likeness (QED) is 0.698. The van der Waals surface area contributed by atoms with Gasteiger partial charge >= 0.3 is 0 Å². The molecule has 0 unspecified atom stereocenters. The number of rotatable bonds is 2. The number of hydrogen-bond donors (Lipinski definition) is 0. The van der Waals surface area contributed by atoms with Crippen LogP contribution in [0.25, 0.3) is 6.08 Å². The molecule has 0 atom stereocenters. The first-order chi connectivity index (χ1) is 5.74. The van der Waals surface area contributed by atoms with Crippen LogP contribution >= 0.6 is 27.5 Å². The topological polar surface area (TPSA) is 0 Å². The summed E-state index contributed by atoms with van der Waals surface area (Å²) in [7, 11) is 0. The van der Waals surface area contributed by atoms with Crippen molar-refractivity contribution >= 4 is 33.6 Å². The maximum Gasteiger partial charge on any atom is 0.130 e. The van der Waals surface area contributed by atoms with Crippen LogP contribution in [0.15, 0.2) is 24.3 Å². The molecule has 0 heterocycles. The Morgan fingerprint density at radius 1 is 1.50 bits per heavy atom. The van der Waals surface area contributed by atoms with E-state index >= 15 is 0 Å². The fourth-order valence-corrected chi connectivity index (χ4v) is 1.18. The Labute approximate surface area is 84.2 Å². The van der Waals surface area contributed by atoms with Crippen molar-refractivity contribution in [3.8, 4) is 0 Å². The minimum Gasteiger partial charge on any atom is -0.206 e. The van der Waals surface area contributed by atoms with E-state index in [9.17, 15) is 4.39 Å². The van der Waals surface area contributed by atoms with E-state index in [4.69, 9.17) is 11.6 Å². The maximum absolute atomic E-state index is 13.0. The number of halogens is 3. The van der Waals surface area contributed by atoms with Crippen LogP contribution in [0, 0.1) is 5.82 Å². The fraction of sp³-hybridized carbons (Fsp3) is 0.111. The van der Waals surface area contributed by atoms with Gasteiger partial charge in [0.2, 0.25) is 0 Å². The van der Waals surface area contributed by atoms with Crippen molar-refractivity contribution < 1.29 is 4.39 Å². The van der Waals surface area contributed by atoms with Gasteiger partial charge in [0, 0.05) is 15.9 Å². The lowest BCUT2D eigenvalue weighted by molar-refractivity contribution is 0.625. The van der Waals surface area contributed by atoms with Crippen molar-refractivity contribution in [2.45, 2.75) is 0 Å². The average Bonchev–Trinajstić information content (AvgIpc) is 2.07. The summed E-state index contributed by atoms with van der Waals surface area (Å²) in [5, 5.41) is 1.25. The predicted molar refractivity (Wildman–Crippen MR) is 54.2 cm³/mol. The Morgan fingerprint density at radius 3 is 2.92 bits per heavy atom. The third-order valence-corrected chi connectivity index (χ3v) is 1.95. The first-order valence-electron chi connectivity index (χ1n) is 3.41. The van der Waals surface area contributed by atoms with Crippen LogP contribution in [-0.4, -0.2) is 5.33 Å². The zero-order valence-corrected chi connectivity index (χ0v) is 8.57. The standard InChI is InChI=1S/C9H7BrClF/c10-5-1-2-7-6-8(11)3-4-9(7)12/h1-4,6H,5H2. The predicted octanol–water partition coefficient (Wildman–Crippen LogP) is 3.89. The molecule has 3 heteroatoms. The Kier molecular flexibility index (Phi) is 3.76. The zero-order chi connectivity index (χ0) is 8.97. The molecule has 12 heavy (non-hydrogen) atoms. The highest BCUT2D eigenvalue weighted by Gasteiger charge is 1.97. The Balaban J connectivity index is 2.97. The normalized spacial score (nSPS) is 10.9. The molecule has 0 aliphatic carbocycles. The molecule has 1 aromatic carbocycles. The third-order valence-electron chi connectivity index (χ3n) is 1.34. The van der Waals surface area contributed by atoms with Crippen molar-refractivity contribution in [1.29, 1.82) is 0 Å². The molecule has 0 saturated heterocycles. The van der Waals surface area contributed by atoms with Crippen LogP contribution < -0.4 is 0 Å². The summed E-state index contributed by atoms with van der Waals surface area (Å²) in [6, 6.07) is 4.48. The first kappa shape index (κ1) is 9.75. The average molecular weight is 250 g/mol. The van der Waals surface area contributed by atoms with E-state index in [1.54, 1.807) is 12.1 Å². The third kappa shape index (κ3) is 2.61. The van der Waals surface area contributed by atoms with Crippen molar-refractivity contribution in [3.63, 3.8) is 0 Å². The van der Waals surface area contributed by atoms with Gasteiger partial charge in [0.05, 0.1) is 0 Å². The molecule has 0 N–H and O–H groups in total. The minimum absolute atomic E-state index is 0.253. The van der Waals surface area contributed by atoms with Gasteiger partial charge in [-0.25, -0.2) is 4.39 Å². The van der Waals surface area contributed by atoms with E-state index in [-0.39, 0.29) is 5.82 Å². The van der Waals surface area contributed by atoms with E-state index in [0.29, 0.717) is 15.9 Å². The molecule has 0 aliphatic heterocycles. The molecule has 0 fully saturated rings. The van der Waals surface area contributed by atoms with Crippen LogP contribution in [0.5, 0.6) is 0 Å². The van der Waals surface area contributed by atoms with Crippen LogP contribution in [-0.2, 0) is 0 Å². The van der Waals surface area contributed by atoms with Crippen molar-refractivity contribution in [3.05, 3.63) is 40.7 Å². The van der Waals surface area contributed by atoms with Gasteiger partial charge in [0.15, 0.2) is 0 Å². The van der Waals surface area contributed by atoms with Gasteiger partial charge in [-0.3, -0.25) is 0 Å². The molecule has 0 amide bonds. The van der Waals surface area contributed by atoms with Crippen molar-refractivity contribution in [2.24, 2.45) is 0 Å². The summed E-state index contributed by atoms with van der Waals surface area (Å²) >= 11 is 8.89. The van der Waals surface area contributed by atoms with E-state index in [1.165, 1.54) is 12.1 Å². The second-order valence-electron chi connectivity index (χ2n) is 2.22. The summed E-state index contributed by atoms with van der Waals surface area (Å²) in [4.78, 5) is 0. The molecule has 0 aliphatic rings. The highest BCUT2D eigenvalue weighted by atomic mass is 79.9. The van der Waals surface area contributed by atoms with Gasteiger partial charge in [0.25, 0.3) is 0 Å². The maximum atomic E-state index is 13.0. The Morgan fingerprint density at radius 2 is 2.25 bits per heavy atom. The highest BCUT2D eigenvalue weighted by Crippen LogP contribution is 2.15. The molecular formula is C9H7BrClF. The van der Waals surface area contributed by atoms with Gasteiger partial charge in [-0.2, -0.15) is 0 Å². The Hall–Kier alpha value is -0.340. The van der Waals surface area contributed by atoms with Crippen molar-refractivity contribution in [2.75, 3.05) is 5.33 Å². The van der Waals surface area contributed by atoms with Crippen molar-refractivity contribution in [1.82, 2.24) is 0 Å². The van der Waals surface area contributed by atoms with Gasteiger partial charge in [-0.05, 0) is 18.2 Å². The van der Waals surface area contributed by atoms with Gasteiger partial charge < -0.3 is 0 Å². The summed E-state index contributed by atoms with van der Waals surface area (Å²) in [6.45, 7) is 0. The van der Waals surface area contributed by atoms with E-state index in [2.05, 4.69) is 15.9 Å². The molecule has 0 nitrogen and oxygen atoms in total. The Bertz CT molecular complexity index is 297. The second kappa shape index (κ2) is 4.63. The fourth-order valence-electron chi connectivity index (χ4n) is 0.814. The monoisotopic (exact) mass is 248 g/mol. The summed E-state index contributed by atoms with van der Waals surface area (Å²) in [6.07, 6.45) is 3.50. The molecule has 0 bridgehead atoms. The second-order valence-corrected chi connectivity index (χ2v) is 3.31. The summed E-state index contributed by atoms with van der Waals surface area (Å²) < 4.78 is 13.0. The largest absolute Gasteiger partial charge is 0.206 e. The lowest BCUT2D eigenvalue weighted by Crippen LogP contribution is -1.80. The molecule has 0 spiro atoms. The first-order valence-corrected chi connectivity index (χ1v) is 4.91. The molecule has 0 aromatic heterocycles. The zero-order valence-electron chi connectivity index (χ0n) is 6.23.